The quantitative estimate of drug-likeness (QED) is 0.164. The van der Waals surface area contributed by atoms with Gasteiger partial charge in [-0.15, -0.1) is 0 Å². The number of rotatable bonds is 3. The van der Waals surface area contributed by atoms with Gasteiger partial charge in [-0.25, -0.2) is 0 Å². The van der Waals surface area contributed by atoms with Crippen LogP contribution in [0.2, 0.25) is 0 Å². The van der Waals surface area contributed by atoms with Crippen molar-refractivity contribution in [2.24, 2.45) is 5.92 Å². The van der Waals surface area contributed by atoms with E-state index in [-0.39, 0.29) is 11.8 Å². The fraction of sp³-hybridized carbons (Fsp3) is 0.0714. The van der Waals surface area contributed by atoms with E-state index < -0.39 is 18.0 Å². The van der Waals surface area contributed by atoms with Gasteiger partial charge in [-0.3, -0.25) is 0 Å². The summed E-state index contributed by atoms with van der Waals surface area (Å²) in [6, 6.07) is 68.6. The Kier molecular flexibility index (Phi) is 6.47. The second-order valence-corrected chi connectivity index (χ2v) is 19.3. The van der Waals surface area contributed by atoms with E-state index in [2.05, 4.69) is 194 Å². The molecular weight excluding hydrogens is 720 g/mol. The first-order valence-corrected chi connectivity index (χ1v) is 22.2. The molecule has 5 aliphatic rings. The van der Waals surface area contributed by atoms with Crippen LogP contribution >= 0.6 is 7.14 Å². The van der Waals surface area contributed by atoms with Gasteiger partial charge in [0.25, 0.3) is 0 Å². The second kappa shape index (κ2) is 11.5. The maximum atomic E-state index is 17.0. The van der Waals surface area contributed by atoms with E-state index in [1.165, 1.54) is 77.9 Å². The van der Waals surface area contributed by atoms with Gasteiger partial charge < -0.3 is 4.57 Å². The molecule has 0 saturated carbocycles. The lowest BCUT2D eigenvalue weighted by molar-refractivity contribution is 0.466. The van der Waals surface area contributed by atoms with Crippen LogP contribution < -0.4 is 15.9 Å². The van der Waals surface area contributed by atoms with Crippen molar-refractivity contribution in [1.29, 1.82) is 0 Å². The summed E-state index contributed by atoms with van der Waals surface area (Å²) in [6.45, 7) is 0. The zero-order valence-electron chi connectivity index (χ0n) is 31.7. The molecule has 8 aromatic rings. The third-order valence-corrected chi connectivity index (χ3v) is 17.3. The second-order valence-electron chi connectivity index (χ2n) is 16.6. The number of allylic oxidation sites excluding steroid dienone is 4. The fourth-order valence-electron chi connectivity index (χ4n) is 12.2. The van der Waals surface area contributed by atoms with Crippen LogP contribution in [-0.2, 0) is 15.4 Å². The van der Waals surface area contributed by atoms with Crippen LogP contribution in [0.25, 0.3) is 33.4 Å². The lowest BCUT2D eigenvalue weighted by atomic mass is 9.65. The van der Waals surface area contributed by atoms with Gasteiger partial charge in [0.2, 0.25) is 0 Å². The van der Waals surface area contributed by atoms with E-state index in [0.717, 1.165) is 15.9 Å². The Labute approximate surface area is 339 Å². The van der Waals surface area contributed by atoms with Gasteiger partial charge in [0, 0.05) is 27.7 Å². The molecule has 13 rings (SSSR count). The molecule has 0 radical (unpaired) electrons. The molecule has 0 N–H and O–H groups in total. The third-order valence-electron chi connectivity index (χ3n) is 14.3. The molecule has 8 aromatic carbocycles. The number of hydrogen-bond acceptors (Lipinski definition) is 1. The topological polar surface area (TPSA) is 17.1 Å². The van der Waals surface area contributed by atoms with E-state index in [9.17, 15) is 0 Å². The van der Waals surface area contributed by atoms with Crippen molar-refractivity contribution in [3.05, 3.63) is 257 Å². The molecule has 0 aliphatic heterocycles. The largest absolute Gasteiger partial charge is 0.309 e. The van der Waals surface area contributed by atoms with Crippen molar-refractivity contribution in [2.45, 2.75) is 16.7 Å². The van der Waals surface area contributed by atoms with Gasteiger partial charge in [0.1, 0.15) is 0 Å². The first kappa shape index (κ1) is 32.5. The lowest BCUT2D eigenvalue weighted by Crippen LogP contribution is -2.34. The molecule has 58 heavy (non-hydrogen) atoms. The molecule has 2 heteroatoms. The van der Waals surface area contributed by atoms with Gasteiger partial charge >= 0.3 is 0 Å². The molecule has 0 aromatic heterocycles. The van der Waals surface area contributed by atoms with Gasteiger partial charge in [-0.1, -0.05) is 200 Å². The molecule has 0 fully saturated rings. The summed E-state index contributed by atoms with van der Waals surface area (Å²) < 4.78 is 17.0. The van der Waals surface area contributed by atoms with Crippen molar-refractivity contribution in [2.75, 3.05) is 0 Å². The van der Waals surface area contributed by atoms with Gasteiger partial charge in [-0.05, 0) is 90.0 Å². The monoisotopic (exact) mass is 756 g/mol. The van der Waals surface area contributed by atoms with E-state index in [4.69, 9.17) is 0 Å². The van der Waals surface area contributed by atoms with Crippen molar-refractivity contribution < 1.29 is 4.57 Å². The van der Waals surface area contributed by atoms with E-state index in [1.54, 1.807) is 0 Å². The first-order valence-electron chi connectivity index (χ1n) is 20.5. The highest BCUT2D eigenvalue weighted by molar-refractivity contribution is 7.85. The van der Waals surface area contributed by atoms with E-state index >= 15 is 4.57 Å². The molecule has 1 nitrogen and oxygen atoms in total. The SMILES string of the molecule is O=P(c1ccccc1)(c1ccc2c(c1)C1(c3ccccc3-c3ccccc31)c1ccccc1-2)c1ccc2c(c1)C1(c3ccccc3-2)c2ccccc2C2C=CC=CC21. The zero-order valence-corrected chi connectivity index (χ0v) is 32.6. The molecule has 2 spiro atoms. The number of hydrogen-bond donors (Lipinski definition) is 0. The summed E-state index contributed by atoms with van der Waals surface area (Å²) in [6.07, 6.45) is 9.24. The highest BCUT2D eigenvalue weighted by Crippen LogP contribution is 2.66. The minimum Gasteiger partial charge on any atom is -0.309 e. The summed E-state index contributed by atoms with van der Waals surface area (Å²) in [7, 11) is -3.47. The molecule has 5 aliphatic carbocycles. The lowest BCUT2D eigenvalue weighted by Gasteiger charge is -2.36. The van der Waals surface area contributed by atoms with Gasteiger partial charge in [0.15, 0.2) is 7.14 Å². The normalized spacial score (nSPS) is 21.0. The third kappa shape index (κ3) is 3.77. The summed E-state index contributed by atoms with van der Waals surface area (Å²) in [5.74, 6) is 0.459. The fourth-order valence-corrected chi connectivity index (χ4v) is 14.8. The minimum absolute atomic E-state index is 0.199. The highest BCUT2D eigenvalue weighted by atomic mass is 31.2. The smallest absolute Gasteiger partial charge is 0.171 e. The Morgan fingerprint density at radius 1 is 0.362 bits per heavy atom. The van der Waals surface area contributed by atoms with Crippen molar-refractivity contribution in [3.8, 4) is 33.4 Å². The van der Waals surface area contributed by atoms with Crippen molar-refractivity contribution >= 4 is 23.1 Å². The Hall–Kier alpha value is -6.53. The number of benzene rings is 8. The van der Waals surface area contributed by atoms with Gasteiger partial charge in [-0.2, -0.15) is 0 Å². The van der Waals surface area contributed by atoms with Crippen LogP contribution in [-0.4, -0.2) is 0 Å². The van der Waals surface area contributed by atoms with Crippen LogP contribution in [0.1, 0.15) is 50.4 Å². The molecule has 4 unspecified atom stereocenters. The van der Waals surface area contributed by atoms with Crippen LogP contribution in [0, 0.1) is 5.92 Å². The summed E-state index contributed by atoms with van der Waals surface area (Å²) in [5, 5.41) is 2.58. The Balaban J connectivity index is 1.09. The zero-order chi connectivity index (χ0) is 38.2. The van der Waals surface area contributed by atoms with E-state index in [0.29, 0.717) is 0 Å². The Morgan fingerprint density at radius 2 is 0.810 bits per heavy atom. The summed E-state index contributed by atoms with van der Waals surface area (Å²) in [4.78, 5) is 0. The molecule has 272 valence electrons. The predicted molar refractivity (Wildman–Crippen MR) is 238 cm³/mol. The molecule has 0 heterocycles. The number of fused-ring (bicyclic) bond motifs is 20. The maximum Gasteiger partial charge on any atom is 0.171 e. The Bertz CT molecular complexity index is 3120. The predicted octanol–water partition coefficient (Wildman–Crippen LogP) is 11.8. The van der Waals surface area contributed by atoms with Crippen LogP contribution in [0.15, 0.2) is 212 Å². The van der Waals surface area contributed by atoms with Crippen molar-refractivity contribution in [3.63, 3.8) is 0 Å². The molecular formula is C56H37OP. The van der Waals surface area contributed by atoms with E-state index in [1.807, 2.05) is 18.2 Å². The standard InChI is InChI=1S/C56H37OP/c57-58(36-16-2-1-3-17-36,37-30-32-45-43-22-8-14-28-51(43)55(53(45)34-37)47-24-10-4-18-39(47)40-19-5-11-25-48(40)55)38-31-33-46-44-23-9-15-29-52(44)56(54(46)35-38)49-26-12-6-20-41(49)42-21-7-13-27-50(42)56/h1-35,39,47H. The summed E-state index contributed by atoms with van der Waals surface area (Å²) in [5.41, 5.74) is 17.0. The minimum atomic E-state index is -3.47. The average Bonchev–Trinajstić information content (AvgIpc) is 3.98. The molecule has 0 bridgehead atoms. The highest BCUT2D eigenvalue weighted by Gasteiger charge is 2.57. The average molecular weight is 757 g/mol. The maximum absolute atomic E-state index is 17.0. The van der Waals surface area contributed by atoms with Crippen LogP contribution in [0.4, 0.5) is 0 Å². The first-order chi connectivity index (χ1) is 28.7. The summed E-state index contributed by atoms with van der Waals surface area (Å²) >= 11 is 0. The molecule has 4 atom stereocenters. The Morgan fingerprint density at radius 3 is 1.43 bits per heavy atom. The molecule has 0 amide bonds. The molecule has 0 saturated heterocycles. The van der Waals surface area contributed by atoms with Gasteiger partial charge in [0.05, 0.1) is 10.8 Å². The van der Waals surface area contributed by atoms with Crippen LogP contribution in [0.3, 0.4) is 0 Å². The van der Waals surface area contributed by atoms with Crippen LogP contribution in [0.5, 0.6) is 0 Å². The van der Waals surface area contributed by atoms with Crippen molar-refractivity contribution in [1.82, 2.24) is 0 Å².